The van der Waals surface area contributed by atoms with Crippen molar-refractivity contribution in [1.82, 2.24) is 15.4 Å². The van der Waals surface area contributed by atoms with Crippen molar-refractivity contribution in [3.8, 4) is 0 Å². The van der Waals surface area contributed by atoms with Gasteiger partial charge < -0.3 is 10.6 Å². The average Bonchev–Trinajstić information content (AvgIpc) is 3.08. The molecule has 3 heterocycles. The number of nitrogens with one attached hydrogen (secondary N) is 3. The van der Waals surface area contributed by atoms with Crippen molar-refractivity contribution in [2.45, 2.75) is 61.5 Å². The van der Waals surface area contributed by atoms with E-state index in [-0.39, 0.29) is 16.8 Å². The number of aliphatic imine (C=N–C) groups is 1. The molecule has 1 aromatic carbocycles. The number of amides is 1. The number of rotatable bonds is 5. The summed E-state index contributed by atoms with van der Waals surface area (Å²) in [5.41, 5.74) is 0.599. The second kappa shape index (κ2) is 7.00. The van der Waals surface area contributed by atoms with E-state index in [1.807, 2.05) is 0 Å². The highest BCUT2D eigenvalue weighted by Crippen LogP contribution is 2.26. The van der Waals surface area contributed by atoms with Crippen LogP contribution < -0.4 is 15.4 Å². The Bertz CT molecular complexity index is 825. The van der Waals surface area contributed by atoms with Crippen LogP contribution in [0.4, 0.5) is 0 Å². The van der Waals surface area contributed by atoms with Crippen molar-refractivity contribution in [1.29, 1.82) is 0 Å². The smallest absolute Gasteiger partial charge is 0.263 e. The van der Waals surface area contributed by atoms with Crippen LogP contribution in [0.3, 0.4) is 0 Å². The molecule has 2 atom stereocenters. The molecule has 8 heteroatoms. The van der Waals surface area contributed by atoms with E-state index >= 15 is 0 Å². The van der Waals surface area contributed by atoms with Crippen LogP contribution in [0.1, 0.15) is 44.1 Å². The molecule has 0 spiro atoms. The number of carbonyl (C=O) groups excluding carboxylic acids is 1. The molecule has 2 saturated heterocycles. The lowest BCUT2D eigenvalue weighted by molar-refractivity contribution is -0.122. The molecular formula is C18H24N4O3S. The van der Waals surface area contributed by atoms with Gasteiger partial charge in [0.2, 0.25) is 5.91 Å². The molecule has 0 radical (unpaired) electrons. The van der Waals surface area contributed by atoms with Crippen LogP contribution in [0.25, 0.3) is 0 Å². The maximum Gasteiger partial charge on any atom is 0.263 e. The highest BCUT2D eigenvalue weighted by molar-refractivity contribution is 7.90. The summed E-state index contributed by atoms with van der Waals surface area (Å²) >= 11 is 0. The lowest BCUT2D eigenvalue weighted by Crippen LogP contribution is -2.48. The number of fused-ring (bicyclic) bond motifs is 3. The molecule has 4 rings (SSSR count). The fourth-order valence-corrected chi connectivity index (χ4v) is 5.41. The Morgan fingerprint density at radius 2 is 1.92 bits per heavy atom. The summed E-state index contributed by atoms with van der Waals surface area (Å²) in [5.74, 6) is 0.430. The summed E-state index contributed by atoms with van der Waals surface area (Å²) in [6.07, 6.45) is 5.46. The van der Waals surface area contributed by atoms with Crippen LogP contribution in [0, 0.1) is 0 Å². The van der Waals surface area contributed by atoms with E-state index in [9.17, 15) is 13.2 Å². The number of amidine groups is 1. The van der Waals surface area contributed by atoms with Gasteiger partial charge in [-0.3, -0.25) is 14.5 Å². The first-order valence-corrected chi connectivity index (χ1v) is 10.7. The highest BCUT2D eigenvalue weighted by atomic mass is 32.2. The van der Waals surface area contributed by atoms with Gasteiger partial charge in [-0.2, -0.15) is 0 Å². The van der Waals surface area contributed by atoms with Crippen molar-refractivity contribution in [3.63, 3.8) is 0 Å². The van der Waals surface area contributed by atoms with Gasteiger partial charge in [-0.05, 0) is 44.2 Å². The molecule has 0 aliphatic carbocycles. The number of hydrogen-bond acceptors (Lipinski definition) is 5. The topological polar surface area (TPSA) is 99.7 Å². The Morgan fingerprint density at radius 3 is 2.69 bits per heavy atom. The fraction of sp³-hybridized carbons (Fsp3) is 0.556. The van der Waals surface area contributed by atoms with Gasteiger partial charge in [-0.1, -0.05) is 12.1 Å². The average molecular weight is 376 g/mol. The molecule has 1 amide bonds. The van der Waals surface area contributed by atoms with Gasteiger partial charge in [0.25, 0.3) is 10.0 Å². The van der Waals surface area contributed by atoms with E-state index in [1.54, 1.807) is 24.3 Å². The number of benzene rings is 1. The van der Waals surface area contributed by atoms with Gasteiger partial charge in [0.05, 0.1) is 4.90 Å². The first kappa shape index (κ1) is 17.5. The van der Waals surface area contributed by atoms with E-state index in [2.05, 4.69) is 20.3 Å². The van der Waals surface area contributed by atoms with E-state index in [0.29, 0.717) is 42.9 Å². The third-order valence-corrected chi connectivity index (χ3v) is 6.73. The maximum absolute atomic E-state index is 12.2. The standard InChI is InChI=1S/C18H24N4O3S/c23-17(21-14-10-12-7-8-13(11-14)20-12)6-3-9-19-18-15-4-1-2-5-16(15)26(24,25)22-18/h1-2,4-5,12-14,20H,3,6-11H2,(H,19,22)(H,21,23). The van der Waals surface area contributed by atoms with Gasteiger partial charge in [0.1, 0.15) is 5.84 Å². The van der Waals surface area contributed by atoms with E-state index < -0.39 is 10.0 Å². The first-order chi connectivity index (χ1) is 12.5. The van der Waals surface area contributed by atoms with Gasteiger partial charge in [-0.15, -0.1) is 0 Å². The summed E-state index contributed by atoms with van der Waals surface area (Å²) in [6, 6.07) is 8.18. The van der Waals surface area contributed by atoms with Crippen LogP contribution >= 0.6 is 0 Å². The zero-order valence-corrected chi connectivity index (χ0v) is 15.4. The van der Waals surface area contributed by atoms with E-state index in [4.69, 9.17) is 0 Å². The largest absolute Gasteiger partial charge is 0.353 e. The lowest BCUT2D eigenvalue weighted by atomic mass is 9.99. The van der Waals surface area contributed by atoms with Crippen molar-refractivity contribution >= 4 is 21.8 Å². The molecule has 3 aliphatic heterocycles. The molecule has 0 saturated carbocycles. The molecule has 1 aromatic rings. The monoisotopic (exact) mass is 376 g/mol. The van der Waals surface area contributed by atoms with Gasteiger partial charge >= 0.3 is 0 Å². The molecule has 2 bridgehead atoms. The summed E-state index contributed by atoms with van der Waals surface area (Å²) in [4.78, 5) is 16.8. The zero-order chi connectivity index (χ0) is 18.1. The summed E-state index contributed by atoms with van der Waals surface area (Å²) in [6.45, 7) is 0.414. The van der Waals surface area contributed by atoms with Crippen LogP contribution in [0.5, 0.6) is 0 Å². The van der Waals surface area contributed by atoms with Gasteiger partial charge in [0.15, 0.2) is 0 Å². The van der Waals surface area contributed by atoms with Crippen molar-refractivity contribution in [2.24, 2.45) is 4.99 Å². The molecule has 140 valence electrons. The lowest BCUT2D eigenvalue weighted by Gasteiger charge is -2.29. The number of nitrogens with zero attached hydrogens (tertiary/aromatic N) is 1. The molecule has 2 fully saturated rings. The molecule has 0 aromatic heterocycles. The second-order valence-corrected chi connectivity index (χ2v) is 8.96. The van der Waals surface area contributed by atoms with Crippen LogP contribution in [-0.2, 0) is 14.8 Å². The predicted molar refractivity (Wildman–Crippen MR) is 98.5 cm³/mol. The summed E-state index contributed by atoms with van der Waals surface area (Å²) in [5, 5.41) is 6.70. The third kappa shape index (κ3) is 3.61. The molecule has 3 N–H and O–H groups in total. The fourth-order valence-electron chi connectivity index (χ4n) is 4.16. The molecule has 2 unspecified atom stereocenters. The highest BCUT2D eigenvalue weighted by Gasteiger charge is 2.34. The molecule has 3 aliphatic rings. The number of carbonyl (C=O) groups is 1. The minimum Gasteiger partial charge on any atom is -0.353 e. The van der Waals surface area contributed by atoms with Gasteiger partial charge in [-0.25, -0.2) is 8.42 Å². The maximum atomic E-state index is 12.2. The van der Waals surface area contributed by atoms with Gasteiger partial charge in [0, 0.05) is 36.7 Å². The van der Waals surface area contributed by atoms with Crippen LogP contribution in [0.2, 0.25) is 0 Å². The Balaban J connectivity index is 1.26. The Kier molecular flexibility index (Phi) is 4.71. The number of piperidine rings is 1. The van der Waals surface area contributed by atoms with Crippen LogP contribution in [0.15, 0.2) is 34.2 Å². The minimum atomic E-state index is -3.50. The predicted octanol–water partition coefficient (Wildman–Crippen LogP) is 0.904. The van der Waals surface area contributed by atoms with Crippen molar-refractivity contribution in [2.75, 3.05) is 6.54 Å². The zero-order valence-electron chi connectivity index (χ0n) is 14.6. The normalized spacial score (nSPS) is 30.0. The van der Waals surface area contributed by atoms with Crippen LogP contribution in [-0.4, -0.2) is 44.8 Å². The molecule has 26 heavy (non-hydrogen) atoms. The van der Waals surface area contributed by atoms with E-state index in [0.717, 1.165) is 12.8 Å². The summed E-state index contributed by atoms with van der Waals surface area (Å²) in [7, 11) is -3.50. The van der Waals surface area contributed by atoms with Crippen molar-refractivity contribution < 1.29 is 13.2 Å². The minimum absolute atomic E-state index is 0.0592. The number of sulfonamides is 1. The first-order valence-electron chi connectivity index (χ1n) is 9.23. The molecule has 7 nitrogen and oxygen atoms in total. The summed E-state index contributed by atoms with van der Waals surface area (Å²) < 4.78 is 26.5. The Morgan fingerprint density at radius 1 is 1.19 bits per heavy atom. The van der Waals surface area contributed by atoms with E-state index in [1.165, 1.54) is 12.8 Å². The number of hydrogen-bond donors (Lipinski definition) is 3. The third-order valence-electron chi connectivity index (χ3n) is 5.33. The Labute approximate surface area is 153 Å². The second-order valence-electron chi connectivity index (χ2n) is 7.31. The SMILES string of the molecule is O=C(CCCN=C1NS(=O)(=O)c2ccccc21)NC1CC2CCC(C1)N2. The van der Waals surface area contributed by atoms with Crippen molar-refractivity contribution in [3.05, 3.63) is 29.8 Å². The quantitative estimate of drug-likeness (QED) is 0.665. The molecular weight excluding hydrogens is 352 g/mol. The Hall–Kier alpha value is -1.93.